The number of carbonyl (C=O) groups is 5. The van der Waals surface area contributed by atoms with Gasteiger partial charge in [0.05, 0.1) is 56.1 Å². The highest BCUT2D eigenvalue weighted by molar-refractivity contribution is 6.19. The fourth-order valence-electron chi connectivity index (χ4n) is 15.5. The zero-order chi connectivity index (χ0) is 66.8. The van der Waals surface area contributed by atoms with E-state index in [4.69, 9.17) is 52.1 Å². The Hall–Kier alpha value is -8.51. The van der Waals surface area contributed by atoms with E-state index in [1.54, 1.807) is 49.4 Å². The molecule has 0 aromatic heterocycles. The van der Waals surface area contributed by atoms with Gasteiger partial charge in [-0.05, 0) is 158 Å². The second kappa shape index (κ2) is 23.7. The molecule has 9 unspecified atom stereocenters. The van der Waals surface area contributed by atoms with E-state index in [2.05, 4.69) is 11.4 Å². The van der Waals surface area contributed by atoms with Crippen LogP contribution >= 0.6 is 0 Å². The summed E-state index contributed by atoms with van der Waals surface area (Å²) in [6.45, 7) is 14.4. The van der Waals surface area contributed by atoms with E-state index in [0.717, 1.165) is 11.1 Å². The van der Waals surface area contributed by atoms with E-state index < -0.39 is 119 Å². The molecule has 4 bridgehead atoms. The van der Waals surface area contributed by atoms with Crippen LogP contribution in [0.2, 0.25) is 0 Å². The summed E-state index contributed by atoms with van der Waals surface area (Å²) in [5, 5.41) is 55.3. The van der Waals surface area contributed by atoms with Gasteiger partial charge in [-0.1, -0.05) is 35.5 Å². The first kappa shape index (κ1) is 64.2. The van der Waals surface area contributed by atoms with Crippen LogP contribution in [0, 0.1) is 23.7 Å². The predicted octanol–water partition coefficient (Wildman–Crippen LogP) is 8.09. The van der Waals surface area contributed by atoms with Gasteiger partial charge in [-0.3, -0.25) is 19.2 Å². The number of amides is 1. The van der Waals surface area contributed by atoms with E-state index in [1.807, 2.05) is 60.6 Å². The molecule has 1 saturated carbocycles. The third-order valence-electron chi connectivity index (χ3n) is 20.2. The molecule has 6 N–H and O–H groups in total. The van der Waals surface area contributed by atoms with Crippen molar-refractivity contribution in [2.45, 2.75) is 153 Å². The number of allylic oxidation sites excluding steroid dienone is 5. The third-order valence-corrected chi connectivity index (χ3v) is 20.2. The Kier molecular flexibility index (Phi) is 16.2. The van der Waals surface area contributed by atoms with Crippen molar-refractivity contribution in [1.82, 2.24) is 5.32 Å². The molecule has 1 spiro atoms. The predicted molar refractivity (Wildman–Crippen MR) is 335 cm³/mol. The fourth-order valence-corrected chi connectivity index (χ4v) is 15.5. The number of carbonyl (C=O) groups excluding carboxylic acids is 5. The van der Waals surface area contributed by atoms with Crippen LogP contribution in [0.1, 0.15) is 142 Å². The molecule has 496 valence electrons. The molecule has 94 heavy (non-hydrogen) atoms. The minimum absolute atomic E-state index is 0.00938. The highest BCUT2D eigenvalue weighted by Crippen LogP contribution is 2.69. The summed E-state index contributed by atoms with van der Waals surface area (Å²) in [4.78, 5) is 75.9. The number of cyclic esters (lactones) is 1. The normalized spacial score (nSPS) is 30.8. The standard InChI is InChI=1S/C72H77NO21/c1-33(2)12-11-21-70(8)22-20-41-61(92-70)40(18-13-34(3)4)63-54(62(41)91-66(82)36-14-16-39(17-15-36)89-68-60(79)59(78)58(77)50(30-74)90-68)56(75)45-24-38-27-51-69(6,7)94-71(64(38)80,72(45,51)93-63)23-19-35(5)65(81)73-55-43-29-47-46(87-32-88-47)28-42(43)52(53-44(55)31-86-67(53)83)37-25-48(84-9)57(76)49(26-37)85-10/h12-17,19-20,22,24-26,28-29,38,44,50-53,55,58-60,68,74,76-79H,11,18,21,23,27,30-32H2,1-10H3,(H,73,81)/b35-19-/t38?,44?,50-,51?,52?,53?,55?,58-,59+,60-,68-,70?,71?,72?/m1/s1. The van der Waals surface area contributed by atoms with Crippen LogP contribution in [-0.4, -0.2) is 142 Å². The van der Waals surface area contributed by atoms with Gasteiger partial charge in [0.2, 0.25) is 24.7 Å². The number of methoxy groups -OCH3 is 2. The summed E-state index contributed by atoms with van der Waals surface area (Å²) in [5.41, 5.74) is -0.804. The first-order valence-electron chi connectivity index (χ1n) is 31.7. The Morgan fingerprint density at radius 3 is 2.18 bits per heavy atom. The maximum atomic E-state index is 16.3. The van der Waals surface area contributed by atoms with Crippen molar-refractivity contribution >= 4 is 35.5 Å². The van der Waals surface area contributed by atoms with Crippen molar-refractivity contribution in [2.24, 2.45) is 23.7 Å². The van der Waals surface area contributed by atoms with Gasteiger partial charge in [-0.25, -0.2) is 4.79 Å². The number of aliphatic hydroxyl groups excluding tert-OH is 4. The molecule has 4 aliphatic carbocycles. The number of hydrogen-bond acceptors (Lipinski definition) is 21. The maximum absolute atomic E-state index is 16.3. The lowest BCUT2D eigenvalue weighted by atomic mass is 9.51. The molecular formula is C72H77NO21. The van der Waals surface area contributed by atoms with Gasteiger partial charge in [0.1, 0.15) is 52.8 Å². The fraction of sp³-hybridized carbons (Fsp3) is 0.458. The van der Waals surface area contributed by atoms with Gasteiger partial charge < -0.3 is 83.0 Å². The summed E-state index contributed by atoms with van der Waals surface area (Å²) in [5.74, 6) is -5.24. The van der Waals surface area contributed by atoms with Crippen molar-refractivity contribution in [3.05, 3.63) is 140 Å². The number of rotatable bonds is 17. The van der Waals surface area contributed by atoms with Crippen molar-refractivity contribution in [3.63, 3.8) is 0 Å². The van der Waals surface area contributed by atoms with E-state index in [0.29, 0.717) is 57.9 Å². The summed E-state index contributed by atoms with van der Waals surface area (Å²) >= 11 is 0. The number of esters is 2. The first-order chi connectivity index (χ1) is 44.8. The minimum atomic E-state index is -1.91. The average molecular weight is 1290 g/mol. The highest BCUT2D eigenvalue weighted by atomic mass is 16.7. The molecule has 14 rings (SSSR count). The van der Waals surface area contributed by atoms with E-state index in [9.17, 15) is 35.1 Å². The van der Waals surface area contributed by atoms with Crippen LogP contribution in [0.15, 0.2) is 101 Å². The number of phenols is 1. The van der Waals surface area contributed by atoms with Crippen LogP contribution in [-0.2, 0) is 35.0 Å². The Morgan fingerprint density at radius 1 is 0.819 bits per heavy atom. The summed E-state index contributed by atoms with van der Waals surface area (Å²) in [6.07, 6.45) is 4.76. The lowest BCUT2D eigenvalue weighted by Crippen LogP contribution is -2.72. The number of ether oxygens (including phenoxy) is 11. The second-order valence-electron chi connectivity index (χ2n) is 27.0. The van der Waals surface area contributed by atoms with Crippen LogP contribution in [0.5, 0.6) is 51.7 Å². The summed E-state index contributed by atoms with van der Waals surface area (Å²) in [6, 6.07) is 11.6. The molecule has 0 radical (unpaired) electrons. The van der Waals surface area contributed by atoms with Crippen LogP contribution in [0.3, 0.4) is 0 Å². The summed E-state index contributed by atoms with van der Waals surface area (Å²) in [7, 11) is 2.82. The van der Waals surface area contributed by atoms with Crippen LogP contribution in [0.25, 0.3) is 6.08 Å². The largest absolute Gasteiger partial charge is 0.502 e. The van der Waals surface area contributed by atoms with Gasteiger partial charge >= 0.3 is 11.9 Å². The summed E-state index contributed by atoms with van der Waals surface area (Å²) < 4.78 is 68.5. The molecule has 4 aromatic carbocycles. The van der Waals surface area contributed by atoms with Gasteiger partial charge in [0.15, 0.2) is 51.5 Å². The van der Waals surface area contributed by atoms with E-state index in [1.165, 1.54) is 38.5 Å². The Bertz CT molecular complexity index is 3970. The lowest BCUT2D eigenvalue weighted by molar-refractivity contribution is -0.277. The number of Topliss-reactive ketones (excluding diaryl/α,β-unsaturated/α-hetero) is 2. The molecule has 3 saturated heterocycles. The van der Waals surface area contributed by atoms with Crippen molar-refractivity contribution in [3.8, 4) is 51.7 Å². The Morgan fingerprint density at radius 2 is 1.51 bits per heavy atom. The molecule has 14 atom stereocenters. The van der Waals surface area contributed by atoms with E-state index >= 15 is 14.4 Å². The molecule has 6 aliphatic heterocycles. The number of aromatic hydroxyl groups is 1. The number of fused-ring (bicyclic) bond motifs is 5. The number of phenolic OH excluding ortho intramolecular Hbond substituents is 1. The Balaban J connectivity index is 0.880. The molecular weight excluding hydrogens is 1210 g/mol. The minimum Gasteiger partial charge on any atom is -0.502 e. The monoisotopic (exact) mass is 1290 g/mol. The second-order valence-corrected chi connectivity index (χ2v) is 27.0. The molecule has 22 nitrogen and oxygen atoms in total. The zero-order valence-electron chi connectivity index (χ0n) is 53.9. The van der Waals surface area contributed by atoms with Crippen LogP contribution in [0.4, 0.5) is 0 Å². The molecule has 6 heterocycles. The van der Waals surface area contributed by atoms with Crippen molar-refractivity contribution in [1.29, 1.82) is 0 Å². The van der Waals surface area contributed by atoms with Crippen LogP contribution < -0.4 is 43.2 Å². The number of hydrogen-bond donors (Lipinski definition) is 6. The maximum Gasteiger partial charge on any atom is 0.343 e. The zero-order valence-corrected chi connectivity index (χ0v) is 53.9. The van der Waals surface area contributed by atoms with Crippen molar-refractivity contribution in [2.75, 3.05) is 34.2 Å². The molecule has 4 aromatic rings. The van der Waals surface area contributed by atoms with Gasteiger partial charge in [0.25, 0.3) is 0 Å². The number of aliphatic hydroxyl groups is 4. The molecule has 10 aliphatic rings. The lowest BCUT2D eigenvalue weighted by Gasteiger charge is -2.56. The molecule has 1 amide bonds. The van der Waals surface area contributed by atoms with E-state index in [-0.39, 0.29) is 95.2 Å². The SMILES string of the molecule is COc1cc(C2c3cc4c(cc3C(NC(=O)/C(C)=C\CC35OC(C)(C)C6CC(C=C7C(=O)c8c(OC(=O)c9ccc(O[C@@H]%10O[C@H](CO)[C@@H](O)[C@H](O)[C@H]%10O)cc9)c9c(c(CC=C(C)C)c8OC763)OC(C)(CCC=C(C)C)C=C9)C5=O)C3COC(=O)C23)OCO4)cc(OC)c1O. The number of ketones is 2. The Labute approximate surface area is 542 Å². The van der Waals surface area contributed by atoms with Gasteiger partial charge in [0, 0.05) is 46.8 Å². The third kappa shape index (κ3) is 10.2. The highest BCUT2D eigenvalue weighted by Gasteiger charge is 2.81. The molecule has 22 heteroatoms. The quantitative estimate of drug-likeness (QED) is 0.0252. The smallest absolute Gasteiger partial charge is 0.343 e. The number of nitrogens with one attached hydrogen (secondary N) is 1. The average Bonchev–Trinajstić information content (AvgIpc) is 1.42. The van der Waals surface area contributed by atoms with Gasteiger partial charge in [-0.2, -0.15) is 0 Å². The molecule has 4 fully saturated rings. The first-order valence-corrected chi connectivity index (χ1v) is 31.7. The van der Waals surface area contributed by atoms with Crippen molar-refractivity contribution < 1.29 is 102 Å². The van der Waals surface area contributed by atoms with Gasteiger partial charge in [-0.15, -0.1) is 0 Å². The number of benzene rings is 4. The topological polar surface area (TPSA) is 300 Å².